The highest BCUT2D eigenvalue weighted by Gasteiger charge is 2.25. The van der Waals surface area contributed by atoms with Gasteiger partial charge in [0.15, 0.2) is 5.82 Å². The summed E-state index contributed by atoms with van der Waals surface area (Å²) < 4.78 is 7.20. The summed E-state index contributed by atoms with van der Waals surface area (Å²) in [4.78, 5) is 29.4. The first-order valence-electron chi connectivity index (χ1n) is 9.69. The van der Waals surface area contributed by atoms with E-state index in [9.17, 15) is 9.59 Å². The van der Waals surface area contributed by atoms with Crippen LogP contribution in [0.15, 0.2) is 59.1 Å². The number of carbonyl (C=O) groups excluding carboxylic acids is 2. The topological polar surface area (TPSA) is 102 Å². The molecule has 2 amide bonds. The van der Waals surface area contributed by atoms with Crippen molar-refractivity contribution >= 4 is 28.7 Å². The Kier molecular flexibility index (Phi) is 4.31. The minimum Gasteiger partial charge on any atom is -0.359 e. The predicted molar refractivity (Wildman–Crippen MR) is 110 cm³/mol. The highest BCUT2D eigenvalue weighted by Crippen LogP contribution is 2.25. The maximum Gasteiger partial charge on any atom is 0.275 e. The van der Waals surface area contributed by atoms with Crippen molar-refractivity contribution in [1.29, 1.82) is 0 Å². The first-order chi connectivity index (χ1) is 14.6. The van der Waals surface area contributed by atoms with E-state index in [0.29, 0.717) is 35.9 Å². The molecule has 0 spiro atoms. The highest BCUT2D eigenvalue weighted by molar-refractivity contribution is 6.04. The van der Waals surface area contributed by atoms with Crippen LogP contribution in [-0.4, -0.2) is 33.1 Å². The van der Waals surface area contributed by atoms with E-state index in [-0.39, 0.29) is 23.6 Å². The standard InChI is InChI=1S/C22H19N5O3/c1-13-12-23-22(29)18-10-15-7-8-17(24-20(15)27(13)18)21(28)25-19-11-16(30-26-19)9-14-5-3-2-4-6-14/h2-8,10-11,13H,9,12H2,1H3,(H,23,29)(H,25,26,28). The van der Waals surface area contributed by atoms with Crippen LogP contribution in [0.25, 0.3) is 11.0 Å². The molecule has 0 radical (unpaired) electrons. The number of hydrogen-bond acceptors (Lipinski definition) is 5. The summed E-state index contributed by atoms with van der Waals surface area (Å²) in [5.74, 6) is 0.462. The summed E-state index contributed by atoms with van der Waals surface area (Å²) in [6, 6.07) is 16.9. The van der Waals surface area contributed by atoms with E-state index < -0.39 is 0 Å². The molecule has 1 aliphatic rings. The lowest BCUT2D eigenvalue weighted by molar-refractivity contribution is 0.0918. The molecular weight excluding hydrogens is 382 g/mol. The Balaban J connectivity index is 1.38. The van der Waals surface area contributed by atoms with Crippen LogP contribution in [0.3, 0.4) is 0 Å². The number of nitrogens with zero attached hydrogens (tertiary/aromatic N) is 3. The van der Waals surface area contributed by atoms with Gasteiger partial charge in [-0.1, -0.05) is 35.5 Å². The molecule has 1 unspecified atom stereocenters. The van der Waals surface area contributed by atoms with Crippen molar-refractivity contribution in [2.24, 2.45) is 0 Å². The van der Waals surface area contributed by atoms with Gasteiger partial charge >= 0.3 is 0 Å². The predicted octanol–water partition coefficient (Wildman–Crippen LogP) is 3.17. The molecule has 0 fully saturated rings. The third-order valence-corrected chi connectivity index (χ3v) is 5.17. The molecule has 1 aromatic carbocycles. The molecule has 3 aromatic heterocycles. The van der Waals surface area contributed by atoms with Crippen molar-refractivity contribution in [3.05, 3.63) is 77.3 Å². The number of rotatable bonds is 4. The maximum absolute atomic E-state index is 12.7. The van der Waals surface area contributed by atoms with Crippen LogP contribution in [-0.2, 0) is 6.42 Å². The van der Waals surface area contributed by atoms with E-state index in [4.69, 9.17) is 4.52 Å². The minimum absolute atomic E-state index is 0.0529. The fourth-order valence-corrected chi connectivity index (χ4v) is 3.70. The van der Waals surface area contributed by atoms with Crippen LogP contribution in [0.1, 0.15) is 45.3 Å². The average Bonchev–Trinajstić information content (AvgIpc) is 3.36. The number of fused-ring (bicyclic) bond motifs is 3. The third kappa shape index (κ3) is 3.22. The second kappa shape index (κ2) is 7.14. The summed E-state index contributed by atoms with van der Waals surface area (Å²) in [5.41, 5.74) is 2.50. The van der Waals surface area contributed by atoms with Crippen molar-refractivity contribution < 1.29 is 14.1 Å². The fraction of sp³-hybridized carbons (Fsp3) is 0.182. The minimum atomic E-state index is -0.389. The molecule has 150 valence electrons. The Morgan fingerprint density at radius 2 is 2.07 bits per heavy atom. The number of anilines is 1. The van der Waals surface area contributed by atoms with Gasteiger partial charge in [0.1, 0.15) is 22.8 Å². The van der Waals surface area contributed by atoms with Gasteiger partial charge in [-0.15, -0.1) is 0 Å². The number of hydrogen-bond donors (Lipinski definition) is 2. The summed E-state index contributed by atoms with van der Waals surface area (Å²) in [6.45, 7) is 2.53. The van der Waals surface area contributed by atoms with Crippen molar-refractivity contribution in [2.45, 2.75) is 19.4 Å². The van der Waals surface area contributed by atoms with Gasteiger partial charge in [-0.2, -0.15) is 0 Å². The average molecular weight is 401 g/mol. The zero-order chi connectivity index (χ0) is 20.7. The van der Waals surface area contributed by atoms with Crippen LogP contribution in [0.5, 0.6) is 0 Å². The number of aromatic nitrogens is 3. The first kappa shape index (κ1) is 18.1. The summed E-state index contributed by atoms with van der Waals surface area (Å²) in [5, 5.41) is 10.3. The van der Waals surface area contributed by atoms with Gasteiger partial charge in [-0.3, -0.25) is 9.59 Å². The van der Waals surface area contributed by atoms with Crippen molar-refractivity contribution in [1.82, 2.24) is 20.0 Å². The maximum atomic E-state index is 12.7. The smallest absolute Gasteiger partial charge is 0.275 e. The van der Waals surface area contributed by atoms with Gasteiger partial charge < -0.3 is 19.7 Å². The SMILES string of the molecule is CC1CNC(=O)c2cc3ccc(C(=O)Nc4cc(Cc5ccccc5)on4)nc3n21. The molecule has 0 saturated carbocycles. The summed E-state index contributed by atoms with van der Waals surface area (Å²) in [7, 11) is 0. The van der Waals surface area contributed by atoms with E-state index in [1.54, 1.807) is 24.3 Å². The molecular formula is C22H19N5O3. The second-order valence-corrected chi connectivity index (χ2v) is 7.36. The van der Waals surface area contributed by atoms with E-state index >= 15 is 0 Å². The molecule has 0 aliphatic carbocycles. The van der Waals surface area contributed by atoms with E-state index in [0.717, 1.165) is 10.9 Å². The number of amides is 2. The molecule has 2 N–H and O–H groups in total. The summed E-state index contributed by atoms with van der Waals surface area (Å²) >= 11 is 0. The van der Waals surface area contributed by atoms with Crippen LogP contribution >= 0.6 is 0 Å². The van der Waals surface area contributed by atoms with Gasteiger partial charge in [0.25, 0.3) is 11.8 Å². The monoisotopic (exact) mass is 401 g/mol. The zero-order valence-electron chi connectivity index (χ0n) is 16.3. The number of nitrogens with one attached hydrogen (secondary N) is 2. The highest BCUT2D eigenvalue weighted by atomic mass is 16.5. The summed E-state index contributed by atoms with van der Waals surface area (Å²) in [6.07, 6.45) is 0.587. The molecule has 1 aliphatic heterocycles. The fourth-order valence-electron chi connectivity index (χ4n) is 3.70. The third-order valence-electron chi connectivity index (χ3n) is 5.17. The molecule has 8 heteroatoms. The Labute approximate surface area is 171 Å². The largest absolute Gasteiger partial charge is 0.359 e. The van der Waals surface area contributed by atoms with Crippen LogP contribution in [0.4, 0.5) is 5.82 Å². The van der Waals surface area contributed by atoms with Gasteiger partial charge in [0.05, 0.1) is 6.04 Å². The Morgan fingerprint density at radius 3 is 2.90 bits per heavy atom. The van der Waals surface area contributed by atoms with Crippen molar-refractivity contribution in [3.63, 3.8) is 0 Å². The number of benzene rings is 1. The Morgan fingerprint density at radius 1 is 1.23 bits per heavy atom. The normalized spacial score (nSPS) is 15.6. The molecule has 0 bridgehead atoms. The Bertz CT molecular complexity index is 1260. The molecule has 30 heavy (non-hydrogen) atoms. The van der Waals surface area contributed by atoms with Crippen LogP contribution < -0.4 is 10.6 Å². The first-order valence-corrected chi connectivity index (χ1v) is 9.69. The van der Waals surface area contributed by atoms with Crippen molar-refractivity contribution in [2.75, 3.05) is 11.9 Å². The molecule has 4 aromatic rings. The van der Waals surface area contributed by atoms with Gasteiger partial charge in [0.2, 0.25) is 0 Å². The Hall–Kier alpha value is -3.94. The lowest BCUT2D eigenvalue weighted by Crippen LogP contribution is -2.37. The number of pyridine rings is 1. The van der Waals surface area contributed by atoms with E-state index in [2.05, 4.69) is 20.8 Å². The number of carbonyl (C=O) groups is 2. The molecule has 4 heterocycles. The van der Waals surface area contributed by atoms with E-state index in [1.165, 1.54) is 0 Å². The van der Waals surface area contributed by atoms with Gasteiger partial charge in [-0.05, 0) is 30.7 Å². The van der Waals surface area contributed by atoms with Crippen molar-refractivity contribution in [3.8, 4) is 0 Å². The van der Waals surface area contributed by atoms with Gasteiger partial charge in [-0.25, -0.2) is 4.98 Å². The van der Waals surface area contributed by atoms with Crippen LogP contribution in [0.2, 0.25) is 0 Å². The lowest BCUT2D eigenvalue weighted by Gasteiger charge is -2.23. The van der Waals surface area contributed by atoms with Gasteiger partial charge in [0, 0.05) is 24.4 Å². The van der Waals surface area contributed by atoms with Crippen LogP contribution in [0, 0.1) is 0 Å². The molecule has 5 rings (SSSR count). The second-order valence-electron chi connectivity index (χ2n) is 7.36. The lowest BCUT2D eigenvalue weighted by atomic mass is 10.1. The zero-order valence-corrected chi connectivity index (χ0v) is 16.3. The quantitative estimate of drug-likeness (QED) is 0.547. The molecule has 8 nitrogen and oxygen atoms in total. The molecule has 1 atom stereocenters. The van der Waals surface area contributed by atoms with E-state index in [1.807, 2.05) is 41.8 Å². The molecule has 0 saturated heterocycles.